The Hall–Kier alpha value is -1.88. The fraction of sp³-hybridized carbons (Fsp3) is 0.833. The molecule has 0 fully saturated rings. The van der Waals surface area contributed by atoms with Crippen molar-refractivity contribution in [2.24, 2.45) is 11.8 Å². The highest BCUT2D eigenvalue weighted by molar-refractivity contribution is 5.94. The van der Waals surface area contributed by atoms with Crippen LogP contribution in [0.3, 0.4) is 0 Å². The lowest BCUT2D eigenvalue weighted by Crippen LogP contribution is -2.38. The summed E-state index contributed by atoms with van der Waals surface area (Å²) in [4.78, 5) is 49.3. The summed E-state index contributed by atoms with van der Waals surface area (Å²) >= 11 is 0. The highest BCUT2D eigenvalue weighted by Crippen LogP contribution is 2.28. The van der Waals surface area contributed by atoms with Gasteiger partial charge in [0.25, 0.3) is 0 Å². The van der Waals surface area contributed by atoms with E-state index in [-0.39, 0.29) is 12.8 Å². The van der Waals surface area contributed by atoms with Gasteiger partial charge >= 0.3 is 23.9 Å². The van der Waals surface area contributed by atoms with Gasteiger partial charge in [0.2, 0.25) is 0 Å². The molecule has 0 amide bonds. The Balaban J connectivity index is 5.58. The van der Waals surface area contributed by atoms with Crippen LogP contribution in [0.15, 0.2) is 0 Å². The van der Waals surface area contributed by atoms with Gasteiger partial charge in [0.15, 0.2) is 12.2 Å². The predicted molar refractivity (Wildman–Crippen MR) is 122 cm³/mol. The van der Waals surface area contributed by atoms with E-state index in [1.807, 2.05) is 6.92 Å². The maximum atomic E-state index is 12.8. The van der Waals surface area contributed by atoms with E-state index in [0.717, 1.165) is 51.4 Å². The van der Waals surface area contributed by atoms with Gasteiger partial charge in [0, 0.05) is 0 Å². The summed E-state index contributed by atoms with van der Waals surface area (Å²) in [7, 11) is 0. The van der Waals surface area contributed by atoms with Crippen LogP contribution >= 0.6 is 0 Å². The lowest BCUT2D eigenvalue weighted by Gasteiger charge is -2.24. The number of hydrogen-bond donors (Lipinski definition) is 4. The molecule has 0 saturated heterocycles. The first-order chi connectivity index (χ1) is 16.2. The van der Waals surface area contributed by atoms with E-state index in [2.05, 4.69) is 6.92 Å². The average molecular weight is 491 g/mol. The Labute approximate surface area is 201 Å². The molecule has 198 valence electrons. The molecule has 0 bridgehead atoms. The second kappa shape index (κ2) is 19.4. The number of unbranched alkanes of at least 4 members (excludes halogenated alkanes) is 8. The molecule has 0 aliphatic carbocycles. The third-order valence-corrected chi connectivity index (χ3v) is 5.62. The summed E-state index contributed by atoms with van der Waals surface area (Å²) in [6.07, 6.45) is 5.23. The van der Waals surface area contributed by atoms with Gasteiger partial charge in [-0.3, -0.25) is 9.59 Å². The van der Waals surface area contributed by atoms with Crippen molar-refractivity contribution >= 4 is 23.9 Å². The van der Waals surface area contributed by atoms with Gasteiger partial charge < -0.3 is 29.9 Å². The zero-order valence-corrected chi connectivity index (χ0v) is 20.4. The van der Waals surface area contributed by atoms with E-state index in [1.54, 1.807) is 0 Å². The summed E-state index contributed by atoms with van der Waals surface area (Å²) in [5.41, 5.74) is 0. The second-order valence-electron chi connectivity index (χ2n) is 8.50. The van der Waals surface area contributed by atoms with Crippen molar-refractivity contribution in [3.63, 3.8) is 0 Å². The fourth-order valence-corrected chi connectivity index (χ4v) is 3.54. The zero-order chi connectivity index (χ0) is 25.9. The molecule has 0 rings (SSSR count). The van der Waals surface area contributed by atoms with E-state index in [1.165, 1.54) is 0 Å². The summed E-state index contributed by atoms with van der Waals surface area (Å²) in [5, 5.41) is 36.7. The first kappa shape index (κ1) is 32.1. The molecule has 0 aromatic carbocycles. The van der Waals surface area contributed by atoms with Gasteiger partial charge in [-0.1, -0.05) is 78.1 Å². The number of ether oxygens (including phenoxy) is 2. The standard InChI is InChI=1S/C24H42O10/c1-3-5-7-9-10-12-14-18(22(30)34-24(32)20(28)16-26)17(13-11-8-6-4-2)21(29)33-23(31)19(27)15-25/h17-20,25-28H,3-16H2,1-2H3. The SMILES string of the molecule is CCCCCCCCC(C(=O)OC(=O)C(O)CO)C(CCCCCC)C(=O)OC(=O)C(O)CO. The molecule has 0 heterocycles. The van der Waals surface area contributed by atoms with E-state index in [9.17, 15) is 29.4 Å². The Morgan fingerprint density at radius 3 is 1.24 bits per heavy atom. The van der Waals surface area contributed by atoms with Crippen molar-refractivity contribution in [1.82, 2.24) is 0 Å². The molecule has 0 aliphatic rings. The average Bonchev–Trinajstić information content (AvgIpc) is 2.82. The minimum atomic E-state index is -1.89. The van der Waals surface area contributed by atoms with Gasteiger partial charge in [-0.05, 0) is 12.8 Å². The molecule has 0 aliphatic heterocycles. The third kappa shape index (κ3) is 13.1. The smallest absolute Gasteiger partial charge is 0.345 e. The summed E-state index contributed by atoms with van der Waals surface area (Å²) in [5.74, 6) is -6.98. The van der Waals surface area contributed by atoms with Gasteiger partial charge in [-0.25, -0.2) is 9.59 Å². The Morgan fingerprint density at radius 1 is 0.559 bits per heavy atom. The quantitative estimate of drug-likeness (QED) is 0.119. The number of aliphatic hydroxyl groups is 4. The number of esters is 4. The third-order valence-electron chi connectivity index (χ3n) is 5.62. The Bertz CT molecular complexity index is 607. The molecule has 0 aromatic rings. The minimum Gasteiger partial charge on any atom is -0.393 e. The normalized spacial score (nSPS) is 14.6. The zero-order valence-electron chi connectivity index (χ0n) is 20.4. The van der Waals surface area contributed by atoms with Crippen molar-refractivity contribution in [3.8, 4) is 0 Å². The largest absolute Gasteiger partial charge is 0.393 e. The predicted octanol–water partition coefficient (Wildman–Crippen LogP) is 1.79. The van der Waals surface area contributed by atoms with Gasteiger partial charge in [-0.15, -0.1) is 0 Å². The number of hydrogen-bond acceptors (Lipinski definition) is 10. The monoisotopic (exact) mass is 490 g/mol. The molecule has 10 heteroatoms. The molecule has 0 saturated carbocycles. The lowest BCUT2D eigenvalue weighted by molar-refractivity contribution is -0.178. The van der Waals surface area contributed by atoms with Crippen LogP contribution < -0.4 is 0 Å². The second-order valence-corrected chi connectivity index (χ2v) is 8.50. The van der Waals surface area contributed by atoms with Crippen LogP contribution in [-0.2, 0) is 28.7 Å². The molecule has 0 radical (unpaired) electrons. The molecule has 4 unspecified atom stereocenters. The van der Waals surface area contributed by atoms with E-state index < -0.39 is 61.1 Å². The van der Waals surface area contributed by atoms with Crippen molar-refractivity contribution in [3.05, 3.63) is 0 Å². The maximum Gasteiger partial charge on any atom is 0.345 e. The number of carbonyl (C=O) groups is 4. The van der Waals surface area contributed by atoms with Crippen molar-refractivity contribution in [2.45, 2.75) is 103 Å². The van der Waals surface area contributed by atoms with Crippen LogP contribution in [0.2, 0.25) is 0 Å². The van der Waals surface area contributed by atoms with Crippen LogP contribution in [-0.4, -0.2) is 69.7 Å². The number of aliphatic hydroxyl groups excluding tert-OH is 4. The Morgan fingerprint density at radius 2 is 0.882 bits per heavy atom. The molecule has 0 spiro atoms. The van der Waals surface area contributed by atoms with E-state index >= 15 is 0 Å². The highest BCUT2D eigenvalue weighted by atomic mass is 16.6. The fourth-order valence-electron chi connectivity index (χ4n) is 3.54. The summed E-state index contributed by atoms with van der Waals surface area (Å²) in [6.45, 7) is 2.25. The molecule has 4 N–H and O–H groups in total. The maximum absolute atomic E-state index is 12.8. The molecular formula is C24H42O10. The minimum absolute atomic E-state index is 0.188. The number of carbonyl (C=O) groups excluding carboxylic acids is 4. The van der Waals surface area contributed by atoms with Gasteiger partial charge in [0.05, 0.1) is 25.0 Å². The molecular weight excluding hydrogens is 448 g/mol. The van der Waals surface area contributed by atoms with E-state index in [0.29, 0.717) is 12.8 Å². The topological polar surface area (TPSA) is 168 Å². The molecule has 34 heavy (non-hydrogen) atoms. The lowest BCUT2D eigenvalue weighted by atomic mass is 9.83. The van der Waals surface area contributed by atoms with Crippen LogP contribution in [0.4, 0.5) is 0 Å². The summed E-state index contributed by atoms with van der Waals surface area (Å²) < 4.78 is 9.44. The molecule has 0 aromatic heterocycles. The molecule has 4 atom stereocenters. The van der Waals surface area contributed by atoms with Crippen LogP contribution in [0.25, 0.3) is 0 Å². The van der Waals surface area contributed by atoms with Crippen LogP contribution in [0.5, 0.6) is 0 Å². The number of rotatable bonds is 19. The highest BCUT2D eigenvalue weighted by Gasteiger charge is 2.38. The molecule has 10 nitrogen and oxygen atoms in total. The van der Waals surface area contributed by atoms with Crippen molar-refractivity contribution in [1.29, 1.82) is 0 Å². The van der Waals surface area contributed by atoms with Crippen molar-refractivity contribution < 1.29 is 49.1 Å². The summed E-state index contributed by atoms with van der Waals surface area (Å²) in [6, 6.07) is 0. The van der Waals surface area contributed by atoms with Crippen LogP contribution in [0.1, 0.15) is 90.9 Å². The first-order valence-corrected chi connectivity index (χ1v) is 12.3. The van der Waals surface area contributed by atoms with Crippen LogP contribution in [0, 0.1) is 11.8 Å². The Kier molecular flexibility index (Phi) is 18.4. The van der Waals surface area contributed by atoms with Crippen molar-refractivity contribution in [2.75, 3.05) is 13.2 Å². The van der Waals surface area contributed by atoms with Gasteiger partial charge in [-0.2, -0.15) is 0 Å². The van der Waals surface area contributed by atoms with E-state index in [4.69, 9.17) is 19.7 Å². The first-order valence-electron chi connectivity index (χ1n) is 12.3. The van der Waals surface area contributed by atoms with Gasteiger partial charge in [0.1, 0.15) is 0 Å².